The SMILES string of the molecule is O=C(O)CCC(Cc1ccccc1)Nc1nnc(-c2ccon2)s1. The first-order valence-corrected chi connectivity index (χ1v) is 8.29. The van der Waals surface area contributed by atoms with Crippen LogP contribution in [0.25, 0.3) is 10.7 Å². The molecule has 0 saturated carbocycles. The van der Waals surface area contributed by atoms with Crippen LogP contribution < -0.4 is 5.32 Å². The molecule has 0 aliphatic heterocycles. The lowest BCUT2D eigenvalue weighted by molar-refractivity contribution is -0.137. The summed E-state index contributed by atoms with van der Waals surface area (Å²) in [5, 5.41) is 25.6. The van der Waals surface area contributed by atoms with Crippen LogP contribution in [0.5, 0.6) is 0 Å². The van der Waals surface area contributed by atoms with E-state index in [0.29, 0.717) is 28.7 Å². The van der Waals surface area contributed by atoms with Crippen molar-refractivity contribution in [3.05, 3.63) is 48.2 Å². The third-order valence-electron chi connectivity index (χ3n) is 3.44. The number of carbonyl (C=O) groups is 1. The second kappa shape index (κ2) is 7.69. The van der Waals surface area contributed by atoms with E-state index in [-0.39, 0.29) is 12.5 Å². The summed E-state index contributed by atoms with van der Waals surface area (Å²) in [5.41, 5.74) is 1.77. The van der Waals surface area contributed by atoms with Crippen LogP contribution in [0.15, 0.2) is 47.2 Å². The minimum absolute atomic E-state index is 0.0402. The van der Waals surface area contributed by atoms with E-state index in [1.165, 1.54) is 17.6 Å². The number of hydrogen-bond donors (Lipinski definition) is 2. The van der Waals surface area contributed by atoms with Gasteiger partial charge < -0.3 is 14.9 Å². The molecule has 124 valence electrons. The predicted molar refractivity (Wildman–Crippen MR) is 89.8 cm³/mol. The topological polar surface area (TPSA) is 101 Å². The third-order valence-corrected chi connectivity index (χ3v) is 4.32. The monoisotopic (exact) mass is 344 g/mol. The van der Waals surface area contributed by atoms with Crippen LogP contribution in [-0.2, 0) is 11.2 Å². The molecule has 0 spiro atoms. The highest BCUT2D eigenvalue weighted by Crippen LogP contribution is 2.26. The quantitative estimate of drug-likeness (QED) is 0.647. The number of rotatable bonds is 8. The first-order valence-electron chi connectivity index (χ1n) is 7.47. The highest BCUT2D eigenvalue weighted by atomic mass is 32.1. The molecule has 1 unspecified atom stereocenters. The molecule has 1 atom stereocenters. The number of aromatic nitrogens is 3. The van der Waals surface area contributed by atoms with Gasteiger partial charge in [-0.25, -0.2) is 0 Å². The van der Waals surface area contributed by atoms with Crippen molar-refractivity contribution in [2.24, 2.45) is 0 Å². The first-order chi connectivity index (χ1) is 11.7. The van der Waals surface area contributed by atoms with Gasteiger partial charge in [0.1, 0.15) is 12.0 Å². The Morgan fingerprint density at radius 1 is 1.25 bits per heavy atom. The molecular weight excluding hydrogens is 328 g/mol. The van der Waals surface area contributed by atoms with Crippen LogP contribution in [0.2, 0.25) is 0 Å². The van der Waals surface area contributed by atoms with E-state index in [1.807, 2.05) is 30.3 Å². The van der Waals surface area contributed by atoms with Gasteiger partial charge in [0.25, 0.3) is 0 Å². The van der Waals surface area contributed by atoms with Gasteiger partial charge in [0, 0.05) is 18.5 Å². The summed E-state index contributed by atoms with van der Waals surface area (Å²) in [4.78, 5) is 10.9. The van der Waals surface area contributed by atoms with Crippen molar-refractivity contribution in [3.63, 3.8) is 0 Å². The van der Waals surface area contributed by atoms with Gasteiger partial charge >= 0.3 is 5.97 Å². The van der Waals surface area contributed by atoms with Crippen molar-refractivity contribution in [1.82, 2.24) is 15.4 Å². The summed E-state index contributed by atoms with van der Waals surface area (Å²) in [6.45, 7) is 0. The molecule has 0 aliphatic carbocycles. The number of carboxylic acids is 1. The van der Waals surface area contributed by atoms with Crippen LogP contribution in [0, 0.1) is 0 Å². The van der Waals surface area contributed by atoms with Crippen LogP contribution in [0.3, 0.4) is 0 Å². The fourth-order valence-corrected chi connectivity index (χ4v) is 3.09. The van der Waals surface area contributed by atoms with Crippen molar-refractivity contribution in [3.8, 4) is 10.7 Å². The minimum Gasteiger partial charge on any atom is -0.481 e. The number of anilines is 1. The zero-order chi connectivity index (χ0) is 16.8. The number of nitrogens with one attached hydrogen (secondary N) is 1. The van der Waals surface area contributed by atoms with Gasteiger partial charge in [0.15, 0.2) is 5.01 Å². The van der Waals surface area contributed by atoms with Crippen molar-refractivity contribution >= 4 is 22.4 Å². The molecule has 2 heterocycles. The normalized spacial score (nSPS) is 12.0. The van der Waals surface area contributed by atoms with Gasteiger partial charge in [0.05, 0.1) is 0 Å². The fraction of sp³-hybridized carbons (Fsp3) is 0.250. The molecule has 1 aromatic carbocycles. The van der Waals surface area contributed by atoms with Gasteiger partial charge in [-0.2, -0.15) is 0 Å². The molecule has 7 nitrogen and oxygen atoms in total. The van der Waals surface area contributed by atoms with E-state index in [2.05, 4.69) is 20.7 Å². The lowest BCUT2D eigenvalue weighted by Crippen LogP contribution is -2.23. The molecule has 2 N–H and O–H groups in total. The fourth-order valence-electron chi connectivity index (χ4n) is 2.30. The summed E-state index contributed by atoms with van der Waals surface area (Å²) < 4.78 is 4.81. The number of aliphatic carboxylic acids is 1. The molecule has 0 aliphatic rings. The lowest BCUT2D eigenvalue weighted by atomic mass is 10.0. The maximum absolute atomic E-state index is 10.9. The number of hydrogen-bond acceptors (Lipinski definition) is 7. The zero-order valence-corrected chi connectivity index (χ0v) is 13.6. The Kier molecular flexibility index (Phi) is 5.17. The molecule has 0 amide bonds. The van der Waals surface area contributed by atoms with E-state index in [4.69, 9.17) is 9.63 Å². The third kappa shape index (κ3) is 4.39. The van der Waals surface area contributed by atoms with Gasteiger partial charge in [-0.05, 0) is 18.4 Å². The number of benzene rings is 1. The Bertz CT molecular complexity index is 774. The molecule has 0 fully saturated rings. The Labute approximate surface area is 142 Å². The van der Waals surface area contributed by atoms with Gasteiger partial charge in [-0.1, -0.05) is 46.8 Å². The average Bonchev–Trinajstić information content (AvgIpc) is 3.25. The smallest absolute Gasteiger partial charge is 0.303 e. The van der Waals surface area contributed by atoms with Gasteiger partial charge in [-0.3, -0.25) is 4.79 Å². The van der Waals surface area contributed by atoms with Gasteiger partial charge in [0.2, 0.25) is 5.13 Å². The number of nitrogens with zero attached hydrogens (tertiary/aromatic N) is 3. The molecule has 2 aromatic heterocycles. The van der Waals surface area contributed by atoms with Crippen molar-refractivity contribution in [2.45, 2.75) is 25.3 Å². The molecule has 3 aromatic rings. The Morgan fingerprint density at radius 3 is 2.79 bits per heavy atom. The Morgan fingerprint density at radius 2 is 2.08 bits per heavy atom. The Balaban J connectivity index is 1.69. The summed E-state index contributed by atoms with van der Waals surface area (Å²) in [7, 11) is 0. The highest BCUT2D eigenvalue weighted by molar-refractivity contribution is 7.18. The van der Waals surface area contributed by atoms with E-state index < -0.39 is 5.97 Å². The van der Waals surface area contributed by atoms with Crippen LogP contribution in [-0.4, -0.2) is 32.5 Å². The van der Waals surface area contributed by atoms with E-state index in [9.17, 15) is 4.79 Å². The predicted octanol–water partition coefficient (Wildman–Crippen LogP) is 3.08. The second-order valence-corrected chi connectivity index (χ2v) is 6.24. The molecular formula is C16H16N4O3S. The van der Waals surface area contributed by atoms with Crippen molar-refractivity contribution < 1.29 is 14.4 Å². The summed E-state index contributed by atoms with van der Waals surface area (Å²) in [6.07, 6.45) is 2.80. The van der Waals surface area contributed by atoms with Crippen LogP contribution in [0.4, 0.5) is 5.13 Å². The summed E-state index contributed by atoms with van der Waals surface area (Å²) >= 11 is 1.36. The van der Waals surface area contributed by atoms with Crippen LogP contribution >= 0.6 is 11.3 Å². The average molecular weight is 344 g/mol. The minimum atomic E-state index is -0.810. The Hall–Kier alpha value is -2.74. The van der Waals surface area contributed by atoms with E-state index in [0.717, 1.165) is 5.56 Å². The molecule has 8 heteroatoms. The lowest BCUT2D eigenvalue weighted by Gasteiger charge is -2.17. The van der Waals surface area contributed by atoms with Crippen LogP contribution in [0.1, 0.15) is 18.4 Å². The van der Waals surface area contributed by atoms with Crippen molar-refractivity contribution in [2.75, 3.05) is 5.32 Å². The maximum Gasteiger partial charge on any atom is 0.303 e. The first kappa shape index (κ1) is 16.1. The van der Waals surface area contributed by atoms with E-state index >= 15 is 0 Å². The summed E-state index contributed by atoms with van der Waals surface area (Å²) in [5.74, 6) is -0.810. The largest absolute Gasteiger partial charge is 0.481 e. The molecule has 0 saturated heterocycles. The van der Waals surface area contributed by atoms with Crippen molar-refractivity contribution in [1.29, 1.82) is 0 Å². The van der Waals surface area contributed by atoms with Gasteiger partial charge in [-0.15, -0.1) is 10.2 Å². The highest BCUT2D eigenvalue weighted by Gasteiger charge is 2.15. The molecule has 0 radical (unpaired) electrons. The number of carboxylic acid groups (broad SMARTS) is 1. The van der Waals surface area contributed by atoms with E-state index in [1.54, 1.807) is 6.07 Å². The second-order valence-electron chi connectivity index (χ2n) is 5.26. The maximum atomic E-state index is 10.9. The standard InChI is InChI=1S/C16H16N4O3S/c21-14(22)7-6-12(10-11-4-2-1-3-5-11)17-16-19-18-15(24-16)13-8-9-23-20-13/h1-5,8-9,12H,6-7,10H2,(H,17,19)(H,21,22). The molecule has 24 heavy (non-hydrogen) atoms. The summed E-state index contributed by atoms with van der Waals surface area (Å²) in [6, 6.07) is 11.6. The molecule has 0 bridgehead atoms. The zero-order valence-electron chi connectivity index (χ0n) is 12.8. The molecule has 3 rings (SSSR count).